The van der Waals surface area contributed by atoms with Crippen LogP contribution in [0, 0.1) is 5.82 Å². The van der Waals surface area contributed by atoms with Gasteiger partial charge in [-0.1, -0.05) is 12.1 Å². The standard InChI is InChI=1S/C22H21FN4O3S/c1-26(2)17(18-4-3-9-30-18)10-24-19(28)11-27-13-25-21-20(22(27)29)16(12-31-21)14-5-7-15(23)8-6-14/h3-9,12-13,17H,10-11H2,1-2H3,(H,24,28)/t17-/m0/s1. The minimum atomic E-state index is -0.346. The normalized spacial score (nSPS) is 12.4. The summed E-state index contributed by atoms with van der Waals surface area (Å²) >= 11 is 1.34. The first-order valence-corrected chi connectivity index (χ1v) is 10.5. The highest BCUT2D eigenvalue weighted by molar-refractivity contribution is 7.17. The minimum absolute atomic E-state index is 0.127. The maximum atomic E-state index is 13.3. The van der Waals surface area contributed by atoms with E-state index in [9.17, 15) is 14.0 Å². The van der Waals surface area contributed by atoms with Crippen LogP contribution in [0.2, 0.25) is 0 Å². The van der Waals surface area contributed by atoms with Crippen molar-refractivity contribution < 1.29 is 13.6 Å². The molecular weight excluding hydrogens is 419 g/mol. The lowest BCUT2D eigenvalue weighted by molar-refractivity contribution is -0.122. The number of carbonyl (C=O) groups excluding carboxylic acids is 1. The molecule has 4 rings (SSSR count). The molecule has 1 N–H and O–H groups in total. The second-order valence-electron chi connectivity index (χ2n) is 7.31. The van der Waals surface area contributed by atoms with E-state index in [1.54, 1.807) is 24.5 Å². The molecule has 0 saturated heterocycles. The van der Waals surface area contributed by atoms with E-state index in [4.69, 9.17) is 4.42 Å². The van der Waals surface area contributed by atoms with Crippen molar-refractivity contribution in [3.8, 4) is 11.1 Å². The maximum Gasteiger partial charge on any atom is 0.263 e. The molecule has 3 heterocycles. The van der Waals surface area contributed by atoms with Gasteiger partial charge in [0.05, 0.1) is 24.0 Å². The highest BCUT2D eigenvalue weighted by atomic mass is 32.1. The first-order chi connectivity index (χ1) is 14.9. The fourth-order valence-corrected chi connectivity index (χ4v) is 4.27. The van der Waals surface area contributed by atoms with Gasteiger partial charge in [-0.2, -0.15) is 0 Å². The van der Waals surface area contributed by atoms with E-state index in [1.165, 1.54) is 34.4 Å². The van der Waals surface area contributed by atoms with Crippen LogP contribution >= 0.6 is 11.3 Å². The third-order valence-corrected chi connectivity index (χ3v) is 5.90. The fourth-order valence-electron chi connectivity index (χ4n) is 3.36. The summed E-state index contributed by atoms with van der Waals surface area (Å²) in [5.74, 6) is 0.0917. The van der Waals surface area contributed by atoms with Crippen LogP contribution in [0.5, 0.6) is 0 Å². The summed E-state index contributed by atoms with van der Waals surface area (Å²) in [6.45, 7) is 0.182. The number of fused-ring (bicyclic) bond motifs is 1. The van der Waals surface area contributed by atoms with Gasteiger partial charge in [0.1, 0.15) is 23.0 Å². The zero-order valence-corrected chi connectivity index (χ0v) is 17.9. The molecular formula is C22H21FN4O3S. The number of aromatic nitrogens is 2. The molecule has 0 radical (unpaired) electrons. The first-order valence-electron chi connectivity index (χ1n) is 9.63. The second-order valence-corrected chi connectivity index (χ2v) is 8.17. The number of carbonyl (C=O) groups is 1. The van der Waals surface area contributed by atoms with Crippen molar-refractivity contribution in [2.75, 3.05) is 20.6 Å². The van der Waals surface area contributed by atoms with Gasteiger partial charge < -0.3 is 9.73 Å². The Morgan fingerprint density at radius 2 is 2.06 bits per heavy atom. The van der Waals surface area contributed by atoms with Crippen LogP contribution in [0.15, 0.2) is 63.6 Å². The van der Waals surface area contributed by atoms with Gasteiger partial charge in [-0.15, -0.1) is 11.3 Å². The number of benzene rings is 1. The van der Waals surface area contributed by atoms with E-state index in [0.717, 1.165) is 11.3 Å². The molecule has 0 aliphatic rings. The number of amides is 1. The molecule has 160 valence electrons. The number of thiophene rings is 1. The Hall–Kier alpha value is -3.30. The Kier molecular flexibility index (Phi) is 5.97. The fraction of sp³-hybridized carbons (Fsp3) is 0.227. The largest absolute Gasteiger partial charge is 0.468 e. The number of halogens is 1. The molecule has 1 amide bonds. The Morgan fingerprint density at radius 1 is 1.29 bits per heavy atom. The lowest BCUT2D eigenvalue weighted by Crippen LogP contribution is -2.37. The Morgan fingerprint density at radius 3 is 2.74 bits per heavy atom. The van der Waals surface area contributed by atoms with Gasteiger partial charge in [-0.25, -0.2) is 9.37 Å². The average molecular weight is 441 g/mol. The smallest absolute Gasteiger partial charge is 0.263 e. The molecule has 3 aromatic heterocycles. The van der Waals surface area contributed by atoms with Crippen molar-refractivity contribution in [1.29, 1.82) is 0 Å². The van der Waals surface area contributed by atoms with Gasteiger partial charge in [0, 0.05) is 17.5 Å². The lowest BCUT2D eigenvalue weighted by atomic mass is 10.1. The Balaban J connectivity index is 1.54. The first kappa shape index (κ1) is 21.0. The monoisotopic (exact) mass is 440 g/mol. The number of nitrogens with one attached hydrogen (secondary N) is 1. The van der Waals surface area contributed by atoms with Crippen molar-refractivity contribution >= 4 is 27.5 Å². The summed E-state index contributed by atoms with van der Waals surface area (Å²) < 4.78 is 20.0. The zero-order valence-electron chi connectivity index (χ0n) is 17.0. The van der Waals surface area contributed by atoms with Gasteiger partial charge in [-0.3, -0.25) is 19.1 Å². The zero-order chi connectivity index (χ0) is 22.0. The van der Waals surface area contributed by atoms with Crippen LogP contribution in [-0.4, -0.2) is 41.0 Å². The van der Waals surface area contributed by atoms with Gasteiger partial charge in [0.15, 0.2) is 0 Å². The summed E-state index contributed by atoms with van der Waals surface area (Å²) in [5, 5.41) is 5.10. The summed E-state index contributed by atoms with van der Waals surface area (Å²) in [5.41, 5.74) is 1.09. The van der Waals surface area contributed by atoms with Crippen molar-refractivity contribution in [3.63, 3.8) is 0 Å². The predicted octanol–water partition coefficient (Wildman–Crippen LogP) is 3.28. The SMILES string of the molecule is CN(C)[C@@H](CNC(=O)Cn1cnc2scc(-c3ccc(F)cc3)c2c1=O)c1ccco1. The number of hydrogen-bond acceptors (Lipinski definition) is 6. The summed E-state index contributed by atoms with van der Waals surface area (Å²) in [4.78, 5) is 32.5. The van der Waals surface area contributed by atoms with E-state index in [-0.39, 0.29) is 29.9 Å². The van der Waals surface area contributed by atoms with E-state index in [2.05, 4.69) is 10.3 Å². The molecule has 0 aliphatic heterocycles. The molecule has 0 unspecified atom stereocenters. The van der Waals surface area contributed by atoms with Gasteiger partial charge >= 0.3 is 0 Å². The van der Waals surface area contributed by atoms with Gasteiger partial charge in [-0.05, 0) is 43.9 Å². The van der Waals surface area contributed by atoms with Crippen LogP contribution in [0.3, 0.4) is 0 Å². The van der Waals surface area contributed by atoms with E-state index in [1.807, 2.05) is 30.4 Å². The van der Waals surface area contributed by atoms with Crippen LogP contribution in [0.25, 0.3) is 21.3 Å². The highest BCUT2D eigenvalue weighted by Crippen LogP contribution is 2.30. The number of furan rings is 1. The van der Waals surface area contributed by atoms with Crippen molar-refractivity contribution in [3.05, 3.63) is 76.3 Å². The molecule has 0 saturated carbocycles. The van der Waals surface area contributed by atoms with Crippen LogP contribution in [0.1, 0.15) is 11.8 Å². The van der Waals surface area contributed by atoms with Gasteiger partial charge in [0.2, 0.25) is 5.91 Å². The maximum absolute atomic E-state index is 13.3. The molecule has 0 aliphatic carbocycles. The molecule has 1 aromatic carbocycles. The molecule has 4 aromatic rings. The average Bonchev–Trinajstić information content (AvgIpc) is 3.41. The Bertz CT molecular complexity index is 1250. The summed E-state index contributed by atoms with van der Waals surface area (Å²) in [6.07, 6.45) is 2.97. The Labute approximate surface area is 181 Å². The predicted molar refractivity (Wildman–Crippen MR) is 117 cm³/mol. The molecule has 1 atom stereocenters. The molecule has 9 heteroatoms. The van der Waals surface area contributed by atoms with E-state index < -0.39 is 0 Å². The van der Waals surface area contributed by atoms with Crippen LogP contribution in [0.4, 0.5) is 4.39 Å². The summed E-state index contributed by atoms with van der Waals surface area (Å²) in [6, 6.07) is 9.47. The number of nitrogens with zero attached hydrogens (tertiary/aromatic N) is 3. The molecule has 31 heavy (non-hydrogen) atoms. The van der Waals surface area contributed by atoms with Crippen molar-refractivity contribution in [2.45, 2.75) is 12.6 Å². The number of hydrogen-bond donors (Lipinski definition) is 1. The van der Waals surface area contributed by atoms with Crippen molar-refractivity contribution in [1.82, 2.24) is 19.8 Å². The number of likely N-dealkylation sites (N-methyl/N-ethyl adjacent to an activating group) is 1. The molecule has 0 fully saturated rings. The molecule has 7 nitrogen and oxygen atoms in total. The van der Waals surface area contributed by atoms with Crippen LogP contribution in [-0.2, 0) is 11.3 Å². The summed E-state index contributed by atoms with van der Waals surface area (Å²) in [7, 11) is 3.80. The van der Waals surface area contributed by atoms with E-state index >= 15 is 0 Å². The third-order valence-electron chi connectivity index (χ3n) is 5.02. The quantitative estimate of drug-likeness (QED) is 0.477. The number of rotatable bonds is 7. The third kappa shape index (κ3) is 4.42. The molecule has 0 bridgehead atoms. The lowest BCUT2D eigenvalue weighted by Gasteiger charge is -2.22. The highest BCUT2D eigenvalue weighted by Gasteiger charge is 2.19. The minimum Gasteiger partial charge on any atom is -0.468 e. The second kappa shape index (κ2) is 8.83. The topological polar surface area (TPSA) is 80.4 Å². The van der Waals surface area contributed by atoms with Gasteiger partial charge in [0.25, 0.3) is 5.56 Å². The molecule has 0 spiro atoms. The van der Waals surface area contributed by atoms with Crippen LogP contribution < -0.4 is 10.9 Å². The van der Waals surface area contributed by atoms with Crippen molar-refractivity contribution in [2.24, 2.45) is 0 Å². The van der Waals surface area contributed by atoms with E-state index in [0.29, 0.717) is 22.3 Å².